The van der Waals surface area contributed by atoms with Crippen LogP contribution in [0, 0.1) is 10.1 Å². The van der Waals surface area contributed by atoms with Crippen LogP contribution in [0.1, 0.15) is 19.3 Å². The number of aliphatic hydroxyl groups excluding tert-OH is 1. The highest BCUT2D eigenvalue weighted by atomic mass is 16.6. The smallest absolute Gasteiger partial charge is 0.287 e. The molecule has 1 aliphatic rings. The standard InChI is InChI=1S/C11H15N3O3/c15-7-6-13(9-2-1-3-9)11-5-4-10(8-12-11)14(16)17/h4-5,8-9,15H,1-3,6-7H2. The van der Waals surface area contributed by atoms with Gasteiger partial charge in [-0.2, -0.15) is 0 Å². The SMILES string of the molecule is O=[N+]([O-])c1ccc(N(CCO)C2CCC2)nc1. The summed E-state index contributed by atoms with van der Waals surface area (Å²) in [6, 6.07) is 3.51. The molecule has 6 heteroatoms. The maximum atomic E-state index is 10.5. The molecule has 0 saturated heterocycles. The Bertz CT molecular complexity index is 389. The fraction of sp³-hybridized carbons (Fsp3) is 0.545. The van der Waals surface area contributed by atoms with Gasteiger partial charge < -0.3 is 10.0 Å². The zero-order valence-electron chi connectivity index (χ0n) is 9.45. The van der Waals surface area contributed by atoms with Crippen LogP contribution >= 0.6 is 0 Å². The van der Waals surface area contributed by atoms with Gasteiger partial charge in [0.1, 0.15) is 12.0 Å². The molecule has 0 aliphatic heterocycles. The van der Waals surface area contributed by atoms with Crippen molar-refractivity contribution in [2.45, 2.75) is 25.3 Å². The van der Waals surface area contributed by atoms with Gasteiger partial charge in [0.05, 0.1) is 11.5 Å². The quantitative estimate of drug-likeness (QED) is 0.617. The summed E-state index contributed by atoms with van der Waals surface area (Å²) in [6.45, 7) is 0.588. The summed E-state index contributed by atoms with van der Waals surface area (Å²) in [5.41, 5.74) is -0.00805. The minimum Gasteiger partial charge on any atom is -0.395 e. The van der Waals surface area contributed by atoms with Gasteiger partial charge in [0, 0.05) is 18.7 Å². The van der Waals surface area contributed by atoms with Crippen molar-refractivity contribution in [3.05, 3.63) is 28.4 Å². The first-order valence-electron chi connectivity index (χ1n) is 5.70. The molecule has 1 heterocycles. The van der Waals surface area contributed by atoms with Crippen molar-refractivity contribution in [3.63, 3.8) is 0 Å². The fourth-order valence-corrected chi connectivity index (χ4v) is 1.95. The number of nitrogens with zero attached hydrogens (tertiary/aromatic N) is 3. The molecule has 17 heavy (non-hydrogen) atoms. The lowest BCUT2D eigenvalue weighted by Crippen LogP contribution is -2.42. The van der Waals surface area contributed by atoms with Gasteiger partial charge in [-0.05, 0) is 25.3 Å². The summed E-state index contributed by atoms with van der Waals surface area (Å²) < 4.78 is 0. The van der Waals surface area contributed by atoms with Crippen LogP contribution in [0.5, 0.6) is 0 Å². The number of rotatable bonds is 5. The van der Waals surface area contributed by atoms with E-state index >= 15 is 0 Å². The Balaban J connectivity index is 2.14. The second kappa shape index (κ2) is 5.09. The Morgan fingerprint density at radius 3 is 2.71 bits per heavy atom. The Labute approximate surface area is 99.0 Å². The number of aromatic nitrogens is 1. The van der Waals surface area contributed by atoms with Crippen molar-refractivity contribution in [2.75, 3.05) is 18.1 Å². The molecule has 6 nitrogen and oxygen atoms in total. The highest BCUT2D eigenvalue weighted by molar-refractivity contribution is 5.44. The number of hydrogen-bond acceptors (Lipinski definition) is 5. The monoisotopic (exact) mass is 237 g/mol. The van der Waals surface area contributed by atoms with Gasteiger partial charge in [0.2, 0.25) is 0 Å². The third-order valence-electron chi connectivity index (χ3n) is 3.09. The molecule has 1 fully saturated rings. The zero-order chi connectivity index (χ0) is 12.3. The molecule has 0 bridgehead atoms. The highest BCUT2D eigenvalue weighted by Gasteiger charge is 2.25. The molecule has 0 aromatic carbocycles. The van der Waals surface area contributed by atoms with E-state index in [-0.39, 0.29) is 12.3 Å². The maximum absolute atomic E-state index is 10.5. The van der Waals surface area contributed by atoms with Crippen LogP contribution in [0.4, 0.5) is 11.5 Å². The Morgan fingerprint density at radius 1 is 1.53 bits per heavy atom. The van der Waals surface area contributed by atoms with Gasteiger partial charge >= 0.3 is 0 Å². The van der Waals surface area contributed by atoms with E-state index in [9.17, 15) is 10.1 Å². The van der Waals surface area contributed by atoms with Gasteiger partial charge in [-0.3, -0.25) is 10.1 Å². The van der Waals surface area contributed by atoms with Gasteiger partial charge in [-0.25, -0.2) is 4.98 Å². The molecular weight excluding hydrogens is 222 g/mol. The summed E-state index contributed by atoms with van der Waals surface area (Å²) in [5, 5.41) is 19.6. The average Bonchev–Trinajstić information content (AvgIpc) is 2.26. The van der Waals surface area contributed by atoms with Crippen LogP contribution in [0.3, 0.4) is 0 Å². The largest absolute Gasteiger partial charge is 0.395 e. The van der Waals surface area contributed by atoms with Gasteiger partial charge in [-0.15, -0.1) is 0 Å². The molecule has 2 rings (SSSR count). The van der Waals surface area contributed by atoms with Crippen molar-refractivity contribution in [3.8, 4) is 0 Å². The van der Waals surface area contributed by atoms with Crippen molar-refractivity contribution in [1.82, 2.24) is 4.98 Å². The zero-order valence-corrected chi connectivity index (χ0v) is 9.45. The molecule has 0 spiro atoms. The molecule has 0 radical (unpaired) electrons. The lowest BCUT2D eigenvalue weighted by Gasteiger charge is -2.38. The fourth-order valence-electron chi connectivity index (χ4n) is 1.95. The van der Waals surface area contributed by atoms with E-state index in [0.717, 1.165) is 12.8 Å². The first-order valence-corrected chi connectivity index (χ1v) is 5.70. The molecule has 0 amide bonds. The first-order chi connectivity index (χ1) is 8.22. The third kappa shape index (κ3) is 2.52. The van der Waals surface area contributed by atoms with Crippen LogP contribution in [0.2, 0.25) is 0 Å². The van der Waals surface area contributed by atoms with E-state index < -0.39 is 4.92 Å². The minimum atomic E-state index is -0.462. The third-order valence-corrected chi connectivity index (χ3v) is 3.09. The Hall–Kier alpha value is -1.69. The second-order valence-electron chi connectivity index (χ2n) is 4.13. The molecule has 1 aromatic rings. The van der Waals surface area contributed by atoms with Crippen LogP contribution in [0.25, 0.3) is 0 Å². The number of aliphatic hydroxyl groups is 1. The van der Waals surface area contributed by atoms with Crippen molar-refractivity contribution >= 4 is 11.5 Å². The first kappa shape index (κ1) is 11.8. The van der Waals surface area contributed by atoms with E-state index in [4.69, 9.17) is 5.11 Å². The summed E-state index contributed by atoms with van der Waals surface area (Å²) in [7, 11) is 0. The molecular formula is C11H15N3O3. The lowest BCUT2D eigenvalue weighted by atomic mass is 9.91. The van der Waals surface area contributed by atoms with Crippen LogP contribution in [-0.2, 0) is 0 Å². The molecule has 0 unspecified atom stereocenters. The second-order valence-corrected chi connectivity index (χ2v) is 4.13. The molecule has 0 atom stereocenters. The van der Waals surface area contributed by atoms with Gasteiger partial charge in [-0.1, -0.05) is 0 Å². The number of pyridine rings is 1. The van der Waals surface area contributed by atoms with Gasteiger partial charge in [0.25, 0.3) is 5.69 Å². The highest BCUT2D eigenvalue weighted by Crippen LogP contribution is 2.28. The van der Waals surface area contributed by atoms with Gasteiger partial charge in [0.15, 0.2) is 0 Å². The Morgan fingerprint density at radius 2 is 2.29 bits per heavy atom. The lowest BCUT2D eigenvalue weighted by molar-refractivity contribution is -0.385. The van der Waals surface area contributed by atoms with E-state index in [1.54, 1.807) is 6.07 Å². The maximum Gasteiger partial charge on any atom is 0.287 e. The van der Waals surface area contributed by atoms with Crippen LogP contribution < -0.4 is 4.90 Å². The molecule has 1 saturated carbocycles. The van der Waals surface area contributed by atoms with Crippen molar-refractivity contribution < 1.29 is 10.0 Å². The normalized spacial score (nSPS) is 15.4. The van der Waals surface area contributed by atoms with Crippen LogP contribution in [-0.4, -0.2) is 34.2 Å². The molecule has 1 aromatic heterocycles. The number of nitro groups is 1. The summed E-state index contributed by atoms with van der Waals surface area (Å²) in [5.74, 6) is 0.703. The predicted octanol–water partition coefficient (Wildman–Crippen LogP) is 1.34. The van der Waals surface area contributed by atoms with E-state index in [1.807, 2.05) is 4.90 Å². The minimum absolute atomic E-state index is 0.00805. The predicted molar refractivity (Wildman–Crippen MR) is 63.0 cm³/mol. The van der Waals surface area contributed by atoms with Crippen LogP contribution in [0.15, 0.2) is 18.3 Å². The summed E-state index contributed by atoms with van der Waals surface area (Å²) in [6.07, 6.45) is 4.65. The molecule has 92 valence electrons. The number of hydrogen-bond donors (Lipinski definition) is 1. The summed E-state index contributed by atoms with van der Waals surface area (Å²) >= 11 is 0. The molecule has 1 aliphatic carbocycles. The van der Waals surface area contributed by atoms with E-state index in [1.165, 1.54) is 18.7 Å². The topological polar surface area (TPSA) is 79.5 Å². The number of anilines is 1. The average molecular weight is 237 g/mol. The van der Waals surface area contributed by atoms with Crippen molar-refractivity contribution in [1.29, 1.82) is 0 Å². The van der Waals surface area contributed by atoms with E-state index in [2.05, 4.69) is 4.98 Å². The molecule has 1 N–H and O–H groups in total. The Kier molecular flexibility index (Phi) is 3.53. The van der Waals surface area contributed by atoms with E-state index in [0.29, 0.717) is 18.4 Å². The summed E-state index contributed by atoms with van der Waals surface area (Å²) in [4.78, 5) is 16.2. The van der Waals surface area contributed by atoms with Crippen molar-refractivity contribution in [2.24, 2.45) is 0 Å².